The average molecular weight is 179 g/mol. The lowest BCUT2D eigenvalue weighted by Gasteiger charge is -2.35. The Balaban J connectivity index is 2.08. The van der Waals surface area contributed by atoms with E-state index in [1.165, 1.54) is 0 Å². The lowest BCUT2D eigenvalue weighted by molar-refractivity contribution is -0.0330. The number of likely N-dealkylation sites (N-methyl/N-ethyl adjacent to an activating group) is 1. The summed E-state index contributed by atoms with van der Waals surface area (Å²) >= 11 is 0. The Morgan fingerprint density at radius 1 is 1.62 bits per heavy atom. The molecule has 0 aliphatic carbocycles. The van der Waals surface area contributed by atoms with Crippen LogP contribution in [0.5, 0.6) is 0 Å². The van der Waals surface area contributed by atoms with Crippen LogP contribution in [0.4, 0.5) is 0 Å². The normalized spacial score (nSPS) is 18.8. The van der Waals surface area contributed by atoms with E-state index in [4.69, 9.17) is 4.74 Å². The van der Waals surface area contributed by atoms with Crippen LogP contribution < -0.4 is 0 Å². The van der Waals surface area contributed by atoms with Crippen LogP contribution in [0.15, 0.2) is 37.0 Å². The molecule has 1 aliphatic rings. The molecule has 0 unspecified atom stereocenters. The first kappa shape index (κ1) is 10.2. The number of hydrogen-bond acceptors (Lipinski definition) is 2. The van der Waals surface area contributed by atoms with Gasteiger partial charge in [0.05, 0.1) is 12.7 Å². The highest BCUT2D eigenvalue weighted by Gasteiger charge is 2.23. The Bertz CT molecular complexity index is 214. The molecule has 1 heterocycles. The van der Waals surface area contributed by atoms with Gasteiger partial charge in [-0.2, -0.15) is 0 Å². The average Bonchev–Trinajstić information content (AvgIpc) is 2.07. The summed E-state index contributed by atoms with van der Waals surface area (Å²) in [6.07, 6.45) is 5.94. The van der Waals surface area contributed by atoms with Gasteiger partial charge in [0.15, 0.2) is 0 Å². The summed E-state index contributed by atoms with van der Waals surface area (Å²) in [4.78, 5) is 2.23. The fourth-order valence-corrected chi connectivity index (χ4v) is 1.22. The molecule has 0 amide bonds. The van der Waals surface area contributed by atoms with Crippen LogP contribution in [0.1, 0.15) is 0 Å². The predicted octanol–water partition coefficient (Wildman–Crippen LogP) is 1.62. The third-order valence-electron chi connectivity index (χ3n) is 2.00. The van der Waals surface area contributed by atoms with Crippen LogP contribution >= 0.6 is 0 Å². The summed E-state index contributed by atoms with van der Waals surface area (Å²) in [6.45, 7) is 10.2. The van der Waals surface area contributed by atoms with E-state index >= 15 is 0 Å². The highest BCUT2D eigenvalue weighted by Crippen LogP contribution is 2.09. The van der Waals surface area contributed by atoms with Gasteiger partial charge in [-0.25, -0.2) is 0 Å². The van der Waals surface area contributed by atoms with E-state index in [1.54, 1.807) is 6.08 Å². The Morgan fingerprint density at radius 2 is 2.31 bits per heavy atom. The fraction of sp³-hybridized carbons (Fsp3) is 0.455. The van der Waals surface area contributed by atoms with E-state index in [0.717, 1.165) is 18.7 Å². The van der Waals surface area contributed by atoms with Crippen molar-refractivity contribution in [1.82, 2.24) is 4.90 Å². The van der Waals surface area contributed by atoms with Gasteiger partial charge in [0.25, 0.3) is 0 Å². The molecule has 0 bridgehead atoms. The number of likely N-dealkylation sites (tertiary alicyclic amines) is 1. The van der Waals surface area contributed by atoms with Crippen molar-refractivity contribution >= 4 is 0 Å². The maximum absolute atomic E-state index is 5.58. The molecule has 0 aromatic carbocycles. The van der Waals surface area contributed by atoms with E-state index in [0.29, 0.717) is 12.7 Å². The summed E-state index contributed by atoms with van der Waals surface area (Å²) in [5.74, 6) is 0. The van der Waals surface area contributed by atoms with Gasteiger partial charge in [-0.3, -0.25) is 0 Å². The van der Waals surface area contributed by atoms with Crippen LogP contribution in [0.3, 0.4) is 0 Å². The van der Waals surface area contributed by atoms with Crippen molar-refractivity contribution in [2.75, 3.05) is 26.7 Å². The maximum Gasteiger partial charge on any atom is 0.0832 e. The molecule has 1 aliphatic heterocycles. The van der Waals surface area contributed by atoms with Gasteiger partial charge >= 0.3 is 0 Å². The molecule has 0 aromatic rings. The van der Waals surface area contributed by atoms with Crippen molar-refractivity contribution in [2.45, 2.75) is 6.10 Å². The zero-order valence-electron chi connectivity index (χ0n) is 8.20. The molecule has 0 saturated carbocycles. The third kappa shape index (κ3) is 3.57. The highest BCUT2D eigenvalue weighted by atomic mass is 16.5. The van der Waals surface area contributed by atoms with Crippen LogP contribution in [-0.4, -0.2) is 37.7 Å². The zero-order valence-corrected chi connectivity index (χ0v) is 8.20. The van der Waals surface area contributed by atoms with Gasteiger partial charge in [0, 0.05) is 13.1 Å². The molecule has 0 N–H and O–H groups in total. The van der Waals surface area contributed by atoms with Gasteiger partial charge in [-0.1, -0.05) is 31.4 Å². The Kier molecular flexibility index (Phi) is 3.93. The van der Waals surface area contributed by atoms with Crippen molar-refractivity contribution in [3.05, 3.63) is 37.0 Å². The molecule has 72 valence electrons. The van der Waals surface area contributed by atoms with Gasteiger partial charge in [0.1, 0.15) is 0 Å². The number of nitrogens with zero attached hydrogens (tertiary/aromatic N) is 1. The summed E-state index contributed by atoms with van der Waals surface area (Å²) in [6, 6.07) is 0. The van der Waals surface area contributed by atoms with E-state index in [1.807, 2.05) is 12.2 Å². The van der Waals surface area contributed by atoms with Crippen molar-refractivity contribution in [2.24, 2.45) is 0 Å². The summed E-state index contributed by atoms with van der Waals surface area (Å²) in [5.41, 5.74) is 0.995. The summed E-state index contributed by atoms with van der Waals surface area (Å²) in [7, 11) is 2.09. The van der Waals surface area contributed by atoms with Crippen LogP contribution in [0, 0.1) is 0 Å². The lowest BCUT2D eigenvalue weighted by Crippen LogP contribution is -2.49. The Labute approximate surface area is 80.2 Å². The SMILES string of the molecule is C=C/C=C\C(=C)COC1CN(C)C1. The largest absolute Gasteiger partial charge is 0.371 e. The van der Waals surface area contributed by atoms with Crippen LogP contribution in [0.25, 0.3) is 0 Å². The molecular weight excluding hydrogens is 162 g/mol. The Hall–Kier alpha value is -0.860. The Morgan fingerprint density at radius 3 is 2.85 bits per heavy atom. The molecule has 0 atom stereocenters. The predicted molar refractivity (Wildman–Crippen MR) is 55.7 cm³/mol. The van der Waals surface area contributed by atoms with Gasteiger partial charge < -0.3 is 9.64 Å². The van der Waals surface area contributed by atoms with Crippen LogP contribution in [-0.2, 0) is 4.74 Å². The first-order valence-corrected chi connectivity index (χ1v) is 4.49. The number of rotatable bonds is 5. The molecule has 1 saturated heterocycles. The molecule has 1 fully saturated rings. The highest BCUT2D eigenvalue weighted by molar-refractivity contribution is 5.18. The third-order valence-corrected chi connectivity index (χ3v) is 2.00. The topological polar surface area (TPSA) is 12.5 Å². The van der Waals surface area contributed by atoms with Crippen molar-refractivity contribution in [3.63, 3.8) is 0 Å². The fourth-order valence-electron chi connectivity index (χ4n) is 1.22. The standard InChI is InChI=1S/C11H17NO/c1-4-5-6-10(2)9-13-11-7-12(3)8-11/h4-6,11H,1-2,7-9H2,3H3/b6-5-. The van der Waals surface area contributed by atoms with Crippen molar-refractivity contribution in [1.29, 1.82) is 0 Å². The van der Waals surface area contributed by atoms with Crippen LogP contribution in [0.2, 0.25) is 0 Å². The van der Waals surface area contributed by atoms with Crippen molar-refractivity contribution in [3.8, 4) is 0 Å². The molecule has 2 heteroatoms. The lowest BCUT2D eigenvalue weighted by atomic mass is 10.2. The van der Waals surface area contributed by atoms with E-state index < -0.39 is 0 Å². The molecule has 2 nitrogen and oxygen atoms in total. The monoisotopic (exact) mass is 179 g/mol. The minimum Gasteiger partial charge on any atom is -0.371 e. The molecule has 13 heavy (non-hydrogen) atoms. The molecule has 0 radical (unpaired) electrons. The zero-order chi connectivity index (χ0) is 9.68. The molecular formula is C11H17NO. The summed E-state index contributed by atoms with van der Waals surface area (Å²) < 4.78 is 5.58. The minimum atomic E-state index is 0.402. The first-order chi connectivity index (χ1) is 6.22. The summed E-state index contributed by atoms with van der Waals surface area (Å²) in [5, 5.41) is 0. The van der Waals surface area contributed by atoms with Gasteiger partial charge in [-0.05, 0) is 12.6 Å². The van der Waals surface area contributed by atoms with E-state index in [-0.39, 0.29) is 0 Å². The first-order valence-electron chi connectivity index (χ1n) is 4.49. The second-order valence-electron chi connectivity index (χ2n) is 3.41. The van der Waals surface area contributed by atoms with Crippen molar-refractivity contribution < 1.29 is 4.74 Å². The molecule has 0 aromatic heterocycles. The molecule has 1 rings (SSSR count). The smallest absolute Gasteiger partial charge is 0.0832 e. The van der Waals surface area contributed by atoms with Gasteiger partial charge in [0.2, 0.25) is 0 Å². The van der Waals surface area contributed by atoms with E-state index in [9.17, 15) is 0 Å². The minimum absolute atomic E-state index is 0.402. The second kappa shape index (κ2) is 5.00. The second-order valence-corrected chi connectivity index (χ2v) is 3.41. The number of allylic oxidation sites excluding steroid dienone is 2. The quantitative estimate of drug-likeness (QED) is 0.595. The maximum atomic E-state index is 5.58. The molecule has 0 spiro atoms. The number of hydrogen-bond donors (Lipinski definition) is 0. The number of ether oxygens (including phenoxy) is 1. The van der Waals surface area contributed by atoms with E-state index in [2.05, 4.69) is 25.1 Å². The van der Waals surface area contributed by atoms with Gasteiger partial charge in [-0.15, -0.1) is 0 Å².